The lowest BCUT2D eigenvalue weighted by molar-refractivity contribution is -0.158. The number of ether oxygens (including phenoxy) is 1. The normalized spacial score (nSPS) is 25.2. The van der Waals surface area contributed by atoms with Gasteiger partial charge in [-0.15, -0.1) is 0 Å². The van der Waals surface area contributed by atoms with Gasteiger partial charge in [-0.05, 0) is 0 Å². The van der Waals surface area contributed by atoms with E-state index in [-0.39, 0.29) is 0 Å². The molecule has 0 aromatic rings. The lowest BCUT2D eigenvalue weighted by Crippen LogP contribution is -2.44. The van der Waals surface area contributed by atoms with Crippen LogP contribution in [0.25, 0.3) is 0 Å². The topological polar surface area (TPSA) is 96.2 Å². The maximum absolute atomic E-state index is 10.7. The molecule has 1 heterocycles. The van der Waals surface area contributed by atoms with E-state index >= 15 is 0 Å². The van der Waals surface area contributed by atoms with E-state index in [2.05, 4.69) is 4.99 Å². The molecule has 1 aliphatic heterocycles. The predicted molar refractivity (Wildman–Crippen MR) is 41.3 cm³/mol. The number of rotatable bonds is 3. The van der Waals surface area contributed by atoms with Crippen molar-refractivity contribution in [1.82, 2.24) is 0 Å². The molecule has 6 nitrogen and oxygen atoms in total. The summed E-state index contributed by atoms with van der Waals surface area (Å²) in [6.07, 6.45) is 2.60. The van der Waals surface area contributed by atoms with Crippen molar-refractivity contribution in [2.24, 2.45) is 4.99 Å². The van der Waals surface area contributed by atoms with E-state index in [0.29, 0.717) is 0 Å². The molecule has 13 heavy (non-hydrogen) atoms. The Morgan fingerprint density at radius 3 is 2.54 bits per heavy atom. The van der Waals surface area contributed by atoms with Crippen LogP contribution in [0.3, 0.4) is 0 Å². The van der Waals surface area contributed by atoms with Crippen LogP contribution in [0.15, 0.2) is 17.5 Å². The molecule has 2 N–H and O–H groups in total. The molecule has 1 rings (SSSR count). The molecular formula is C7H7NO5. The first-order chi connectivity index (χ1) is 6.07. The van der Waals surface area contributed by atoms with Crippen molar-refractivity contribution < 1.29 is 24.5 Å². The second-order valence-electron chi connectivity index (χ2n) is 2.45. The number of hydrogen-bond acceptors (Lipinski definition) is 4. The fourth-order valence-corrected chi connectivity index (χ4v) is 0.874. The molecule has 70 valence electrons. The lowest BCUT2D eigenvalue weighted by Gasteiger charge is -2.23. The third-order valence-electron chi connectivity index (χ3n) is 1.48. The molecular weight excluding hydrogens is 178 g/mol. The smallest absolute Gasteiger partial charge is 0.354 e. The third kappa shape index (κ3) is 1.84. The van der Waals surface area contributed by atoms with Gasteiger partial charge in [0, 0.05) is 0 Å². The minimum atomic E-state index is -1.86. The van der Waals surface area contributed by atoms with Crippen molar-refractivity contribution in [3.05, 3.63) is 12.5 Å². The molecule has 0 saturated carbocycles. The van der Waals surface area contributed by atoms with E-state index in [1.54, 1.807) is 0 Å². The second-order valence-corrected chi connectivity index (χ2v) is 2.45. The Labute approximate surface area is 73.2 Å². The quantitative estimate of drug-likeness (QED) is 0.637. The molecule has 0 amide bonds. The van der Waals surface area contributed by atoms with E-state index in [1.807, 2.05) is 0 Å². The molecule has 0 aliphatic carbocycles. The van der Waals surface area contributed by atoms with Crippen LogP contribution in [0.1, 0.15) is 6.42 Å². The van der Waals surface area contributed by atoms with Crippen molar-refractivity contribution in [2.45, 2.75) is 12.0 Å². The molecule has 0 radical (unpaired) electrons. The van der Waals surface area contributed by atoms with Gasteiger partial charge in [0.2, 0.25) is 5.60 Å². The Hall–Kier alpha value is -1.85. The Morgan fingerprint density at radius 1 is 1.46 bits per heavy atom. The highest BCUT2D eigenvalue weighted by Crippen LogP contribution is 2.17. The van der Waals surface area contributed by atoms with Gasteiger partial charge in [-0.2, -0.15) is 0 Å². The predicted octanol–water partition coefficient (Wildman–Crippen LogP) is -0.143. The van der Waals surface area contributed by atoms with Crippen LogP contribution in [0.2, 0.25) is 0 Å². The summed E-state index contributed by atoms with van der Waals surface area (Å²) in [6, 6.07) is 0. The number of carboxylic acids is 2. The summed E-state index contributed by atoms with van der Waals surface area (Å²) in [5.74, 6) is -2.63. The number of aliphatic carboxylic acids is 2. The monoisotopic (exact) mass is 185 g/mol. The van der Waals surface area contributed by atoms with Gasteiger partial charge in [-0.3, -0.25) is 9.79 Å². The first-order valence-corrected chi connectivity index (χ1v) is 3.39. The zero-order chi connectivity index (χ0) is 9.90. The van der Waals surface area contributed by atoms with Gasteiger partial charge in [0.1, 0.15) is 12.7 Å². The molecule has 0 fully saturated rings. The van der Waals surface area contributed by atoms with Gasteiger partial charge >= 0.3 is 11.9 Å². The first kappa shape index (κ1) is 9.24. The summed E-state index contributed by atoms with van der Waals surface area (Å²) in [5, 5.41) is 17.2. The Kier molecular flexibility index (Phi) is 2.32. The fourth-order valence-electron chi connectivity index (χ4n) is 0.874. The summed E-state index contributed by atoms with van der Waals surface area (Å²) in [7, 11) is 0. The van der Waals surface area contributed by atoms with E-state index in [1.165, 1.54) is 6.20 Å². The summed E-state index contributed by atoms with van der Waals surface area (Å²) >= 11 is 0. The van der Waals surface area contributed by atoms with Crippen LogP contribution < -0.4 is 0 Å². The maximum Gasteiger partial charge on any atom is 0.354 e. The molecule has 0 spiro atoms. The highest BCUT2D eigenvalue weighted by atomic mass is 16.5. The molecule has 1 aliphatic rings. The third-order valence-corrected chi connectivity index (χ3v) is 1.48. The largest absolute Gasteiger partial charge is 0.481 e. The molecule has 1 atom stereocenters. The van der Waals surface area contributed by atoms with Crippen molar-refractivity contribution in [3.63, 3.8) is 0 Å². The number of carbonyl (C=O) groups is 2. The van der Waals surface area contributed by atoms with E-state index in [0.717, 1.165) is 12.5 Å². The standard InChI is InChI=1S/C7H7NO5/c9-5(10)3-7(6(11)12)4-8-1-2-13-7/h1-2,4H,3H2,(H,9,10)(H,11,12). The Morgan fingerprint density at radius 2 is 2.15 bits per heavy atom. The molecule has 1 unspecified atom stereocenters. The average Bonchev–Trinajstić information content (AvgIpc) is 2.04. The van der Waals surface area contributed by atoms with Crippen LogP contribution in [-0.4, -0.2) is 34.0 Å². The number of carboxylic acid groups (broad SMARTS) is 2. The Balaban J connectivity index is 2.88. The summed E-state index contributed by atoms with van der Waals surface area (Å²) < 4.78 is 4.73. The average molecular weight is 185 g/mol. The van der Waals surface area contributed by atoms with E-state index in [4.69, 9.17) is 14.9 Å². The number of nitrogens with zero attached hydrogens (tertiary/aromatic N) is 1. The van der Waals surface area contributed by atoms with Crippen molar-refractivity contribution >= 4 is 18.2 Å². The minimum Gasteiger partial charge on any atom is -0.481 e. The van der Waals surface area contributed by atoms with E-state index < -0.39 is 24.0 Å². The summed E-state index contributed by atoms with van der Waals surface area (Å²) in [6.45, 7) is 0. The van der Waals surface area contributed by atoms with Crippen LogP contribution in [0.5, 0.6) is 0 Å². The highest BCUT2D eigenvalue weighted by Gasteiger charge is 2.42. The lowest BCUT2D eigenvalue weighted by atomic mass is 10.0. The van der Waals surface area contributed by atoms with Gasteiger partial charge in [0.15, 0.2) is 0 Å². The highest BCUT2D eigenvalue weighted by molar-refractivity contribution is 6.01. The van der Waals surface area contributed by atoms with Crippen LogP contribution in [-0.2, 0) is 14.3 Å². The van der Waals surface area contributed by atoms with Gasteiger partial charge in [0.25, 0.3) is 0 Å². The zero-order valence-electron chi connectivity index (χ0n) is 6.51. The summed E-state index contributed by atoms with van der Waals surface area (Å²) in [5.41, 5.74) is -1.86. The van der Waals surface area contributed by atoms with E-state index in [9.17, 15) is 9.59 Å². The van der Waals surface area contributed by atoms with Crippen molar-refractivity contribution in [2.75, 3.05) is 0 Å². The maximum atomic E-state index is 10.7. The van der Waals surface area contributed by atoms with Gasteiger partial charge in [-0.1, -0.05) is 0 Å². The van der Waals surface area contributed by atoms with Crippen LogP contribution >= 0.6 is 0 Å². The molecule has 0 bridgehead atoms. The SMILES string of the molecule is O=C(O)CC1(C(=O)O)C=NC=CO1. The molecule has 6 heteroatoms. The molecule has 0 saturated heterocycles. The van der Waals surface area contributed by atoms with Gasteiger partial charge < -0.3 is 14.9 Å². The van der Waals surface area contributed by atoms with Crippen molar-refractivity contribution in [3.8, 4) is 0 Å². The Bertz CT molecular complexity index is 295. The molecule has 0 aromatic carbocycles. The first-order valence-electron chi connectivity index (χ1n) is 3.39. The fraction of sp³-hybridized carbons (Fsp3) is 0.286. The zero-order valence-corrected chi connectivity index (χ0v) is 6.51. The van der Waals surface area contributed by atoms with Gasteiger partial charge in [0.05, 0.1) is 12.4 Å². The number of aliphatic imine (C=N–C) groups is 1. The number of hydrogen-bond donors (Lipinski definition) is 2. The summed E-state index contributed by atoms with van der Waals surface area (Å²) in [4.78, 5) is 24.6. The van der Waals surface area contributed by atoms with Gasteiger partial charge in [-0.25, -0.2) is 4.79 Å². The van der Waals surface area contributed by atoms with Crippen LogP contribution in [0.4, 0.5) is 0 Å². The van der Waals surface area contributed by atoms with Crippen molar-refractivity contribution in [1.29, 1.82) is 0 Å². The van der Waals surface area contributed by atoms with Crippen LogP contribution in [0, 0.1) is 0 Å². The second kappa shape index (κ2) is 3.26. The minimum absolute atomic E-state index is 0.657. The molecule has 0 aromatic heterocycles.